The smallest absolute Gasteiger partial charge is 0.339 e. The molecule has 4 rings (SSSR count). The molecule has 2 N–H and O–H groups in total. The minimum Gasteiger partial charge on any atom is -0.454 e. The number of ether oxygens (including phenoxy) is 1. The van der Waals surface area contributed by atoms with Crippen LogP contribution in [-0.4, -0.2) is 23.3 Å². The summed E-state index contributed by atoms with van der Waals surface area (Å²) in [6.07, 6.45) is 3.53. The number of fused-ring (bicyclic) bond motifs is 2. The lowest BCUT2D eigenvalue weighted by Crippen LogP contribution is -2.19. The molecule has 0 bridgehead atoms. The number of rotatable bonds is 5. The van der Waals surface area contributed by atoms with Gasteiger partial charge in [0.25, 0.3) is 0 Å². The molecule has 0 aliphatic heterocycles. The average Bonchev–Trinajstić information content (AvgIpc) is 3.41. The number of ketones is 1. The lowest BCUT2D eigenvalue weighted by molar-refractivity contribution is -0.118. The molecular formula is C24H19N3O3S. The van der Waals surface area contributed by atoms with Gasteiger partial charge in [-0.3, -0.25) is 4.79 Å². The van der Waals surface area contributed by atoms with Gasteiger partial charge in [0.1, 0.15) is 11.6 Å². The number of allylic oxidation sites excluding steroid dienone is 2. The Morgan fingerprint density at radius 3 is 2.77 bits per heavy atom. The number of pyridine rings is 1. The molecule has 1 aromatic carbocycles. The van der Waals surface area contributed by atoms with Crippen molar-refractivity contribution in [1.29, 1.82) is 5.26 Å². The summed E-state index contributed by atoms with van der Waals surface area (Å²) in [6, 6.07) is 13.2. The maximum atomic E-state index is 13.1. The van der Waals surface area contributed by atoms with Gasteiger partial charge in [0, 0.05) is 16.0 Å². The number of benzene rings is 1. The van der Waals surface area contributed by atoms with Crippen LogP contribution in [0.15, 0.2) is 53.0 Å². The van der Waals surface area contributed by atoms with E-state index in [4.69, 9.17) is 20.7 Å². The van der Waals surface area contributed by atoms with Crippen LogP contribution in [0, 0.1) is 11.3 Å². The van der Waals surface area contributed by atoms with Crippen molar-refractivity contribution in [2.45, 2.75) is 19.8 Å². The summed E-state index contributed by atoms with van der Waals surface area (Å²) < 4.78 is 5.32. The van der Waals surface area contributed by atoms with Gasteiger partial charge < -0.3 is 10.5 Å². The molecule has 2 aromatic heterocycles. The van der Waals surface area contributed by atoms with E-state index in [1.807, 2.05) is 41.8 Å². The maximum absolute atomic E-state index is 13.1. The van der Waals surface area contributed by atoms with Crippen molar-refractivity contribution in [1.82, 2.24) is 4.98 Å². The number of nitrogens with zero attached hydrogens (tertiary/aromatic N) is 2. The Kier molecular flexibility index (Phi) is 5.65. The number of thiophene rings is 1. The van der Waals surface area contributed by atoms with E-state index in [-0.39, 0.29) is 11.3 Å². The van der Waals surface area contributed by atoms with Crippen molar-refractivity contribution in [3.63, 3.8) is 0 Å². The van der Waals surface area contributed by atoms with Crippen LogP contribution in [0.1, 0.15) is 39.8 Å². The number of aromatic nitrogens is 1. The minimum absolute atomic E-state index is 0.0992. The van der Waals surface area contributed by atoms with Gasteiger partial charge in [-0.05, 0) is 54.5 Å². The number of hydrogen-bond donors (Lipinski definition) is 1. The zero-order chi connectivity index (χ0) is 22.0. The first-order chi connectivity index (χ1) is 15.0. The summed E-state index contributed by atoms with van der Waals surface area (Å²) in [5.41, 5.74) is 9.27. The first kappa shape index (κ1) is 20.5. The van der Waals surface area contributed by atoms with Crippen molar-refractivity contribution >= 4 is 45.6 Å². The van der Waals surface area contributed by atoms with Crippen LogP contribution < -0.4 is 5.73 Å². The Labute approximate surface area is 183 Å². The molecule has 0 unspecified atom stereocenters. The molecule has 0 atom stereocenters. The lowest BCUT2D eigenvalue weighted by Gasteiger charge is -2.12. The summed E-state index contributed by atoms with van der Waals surface area (Å²) in [4.78, 5) is 31.2. The first-order valence-electron chi connectivity index (χ1n) is 9.72. The molecule has 154 valence electrons. The van der Waals surface area contributed by atoms with Crippen LogP contribution in [0.2, 0.25) is 0 Å². The van der Waals surface area contributed by atoms with Crippen LogP contribution in [0.5, 0.6) is 0 Å². The molecule has 1 aliphatic carbocycles. The number of nitriles is 1. The normalized spacial score (nSPS) is 14.8. The van der Waals surface area contributed by atoms with Crippen molar-refractivity contribution in [3.05, 3.63) is 74.7 Å². The fourth-order valence-electron chi connectivity index (χ4n) is 3.70. The van der Waals surface area contributed by atoms with Gasteiger partial charge in [-0.15, -0.1) is 11.3 Å². The molecule has 31 heavy (non-hydrogen) atoms. The predicted molar refractivity (Wildman–Crippen MR) is 120 cm³/mol. The van der Waals surface area contributed by atoms with Gasteiger partial charge in [0.2, 0.25) is 5.78 Å². The molecule has 3 aromatic rings. The molecule has 0 saturated heterocycles. The number of esters is 1. The minimum atomic E-state index is -0.621. The van der Waals surface area contributed by atoms with E-state index in [1.54, 1.807) is 17.4 Å². The second-order valence-electron chi connectivity index (χ2n) is 7.19. The second-order valence-corrected chi connectivity index (χ2v) is 8.16. The van der Waals surface area contributed by atoms with Gasteiger partial charge >= 0.3 is 5.97 Å². The molecule has 7 heteroatoms. The van der Waals surface area contributed by atoms with Crippen LogP contribution >= 0.6 is 11.3 Å². The van der Waals surface area contributed by atoms with Crippen molar-refractivity contribution < 1.29 is 14.3 Å². The van der Waals surface area contributed by atoms with Gasteiger partial charge in [0.15, 0.2) is 6.61 Å². The molecule has 0 radical (unpaired) electrons. The largest absolute Gasteiger partial charge is 0.454 e. The molecule has 2 heterocycles. The Morgan fingerprint density at radius 2 is 2.06 bits per heavy atom. The first-order valence-corrected chi connectivity index (χ1v) is 10.6. The van der Waals surface area contributed by atoms with E-state index >= 15 is 0 Å². The predicted octanol–water partition coefficient (Wildman–Crippen LogP) is 4.27. The van der Waals surface area contributed by atoms with Crippen molar-refractivity contribution in [2.75, 3.05) is 6.61 Å². The monoisotopic (exact) mass is 429 g/mol. The summed E-state index contributed by atoms with van der Waals surface area (Å²) in [7, 11) is 0. The number of Topliss-reactive ketones (excluding diaryl/α,β-unsaturated/α-hetero) is 1. The van der Waals surface area contributed by atoms with Crippen LogP contribution in [0.3, 0.4) is 0 Å². The Balaban J connectivity index is 1.73. The fourth-order valence-corrected chi connectivity index (χ4v) is 4.38. The van der Waals surface area contributed by atoms with Crippen molar-refractivity contribution in [2.24, 2.45) is 5.73 Å². The fraction of sp³-hybridized carbons (Fsp3) is 0.167. The van der Waals surface area contributed by atoms with Gasteiger partial charge in [-0.1, -0.05) is 24.3 Å². The van der Waals surface area contributed by atoms with E-state index in [9.17, 15) is 9.59 Å². The van der Waals surface area contributed by atoms with E-state index in [0.717, 1.165) is 28.1 Å². The zero-order valence-electron chi connectivity index (χ0n) is 16.8. The van der Waals surface area contributed by atoms with E-state index < -0.39 is 18.4 Å². The molecular weight excluding hydrogens is 410 g/mol. The third-order valence-electron chi connectivity index (χ3n) is 5.12. The van der Waals surface area contributed by atoms with Gasteiger partial charge in [-0.2, -0.15) is 5.26 Å². The quantitative estimate of drug-likeness (QED) is 0.369. The topological polar surface area (TPSA) is 106 Å². The highest BCUT2D eigenvalue weighted by atomic mass is 32.1. The zero-order valence-corrected chi connectivity index (χ0v) is 17.7. The summed E-state index contributed by atoms with van der Waals surface area (Å²) in [6.45, 7) is 0.919. The number of nitrogens with two attached hydrogens (primary N) is 1. The van der Waals surface area contributed by atoms with Gasteiger partial charge in [-0.25, -0.2) is 9.78 Å². The molecule has 0 spiro atoms. The standard InChI is InChI=1S/C24H19N3O3S/c1-14(26)19(12-25)21(28)13-30-24(29)22-17-6-2-3-7-20(17)27-23-15(8-9-18(22)23)11-16-5-4-10-31-16/h2-7,10-11H,8-9,13,26H2,1H3/b15-11+,19-14+. The summed E-state index contributed by atoms with van der Waals surface area (Å²) in [5.74, 6) is -1.23. The highest BCUT2D eigenvalue weighted by molar-refractivity contribution is 7.10. The Bertz CT molecular complexity index is 1290. The van der Waals surface area contributed by atoms with E-state index in [0.29, 0.717) is 22.9 Å². The van der Waals surface area contributed by atoms with Crippen molar-refractivity contribution in [3.8, 4) is 6.07 Å². The summed E-state index contributed by atoms with van der Waals surface area (Å²) in [5, 5.41) is 11.8. The molecule has 0 amide bonds. The molecule has 6 nitrogen and oxygen atoms in total. The lowest BCUT2D eigenvalue weighted by atomic mass is 10.0. The highest BCUT2D eigenvalue weighted by Crippen LogP contribution is 2.38. The highest BCUT2D eigenvalue weighted by Gasteiger charge is 2.28. The molecule has 0 fully saturated rings. The molecule has 1 aliphatic rings. The second kappa shape index (κ2) is 8.54. The number of hydrogen-bond acceptors (Lipinski definition) is 7. The number of carbonyl (C=O) groups excluding carboxylic acids is 2. The summed E-state index contributed by atoms with van der Waals surface area (Å²) >= 11 is 1.64. The van der Waals surface area contributed by atoms with E-state index in [2.05, 4.69) is 6.08 Å². The maximum Gasteiger partial charge on any atom is 0.339 e. The van der Waals surface area contributed by atoms with E-state index in [1.165, 1.54) is 6.92 Å². The van der Waals surface area contributed by atoms with Crippen LogP contribution in [-0.2, 0) is 16.0 Å². The SMILES string of the molecule is C/C(N)=C(/C#N)C(=O)COC(=O)c1c2c(nc3ccccc13)/C(=C/c1cccs1)CC2. The average molecular weight is 430 g/mol. The third-order valence-corrected chi connectivity index (χ3v) is 5.94. The molecule has 0 saturated carbocycles. The Hall–Kier alpha value is -3.76. The number of para-hydroxylation sites is 1. The Morgan fingerprint density at radius 1 is 1.26 bits per heavy atom. The van der Waals surface area contributed by atoms with Crippen LogP contribution in [0.4, 0.5) is 0 Å². The number of carbonyl (C=O) groups is 2. The van der Waals surface area contributed by atoms with Crippen LogP contribution in [0.25, 0.3) is 22.6 Å². The van der Waals surface area contributed by atoms with Gasteiger partial charge in [0.05, 0.1) is 16.8 Å². The third kappa shape index (κ3) is 3.98.